The third-order valence-electron chi connectivity index (χ3n) is 4.19. The van der Waals surface area contributed by atoms with Crippen LogP contribution in [-0.2, 0) is 0 Å². The second-order valence-electron chi connectivity index (χ2n) is 6.15. The van der Waals surface area contributed by atoms with Gasteiger partial charge in [-0.3, -0.25) is 4.90 Å². The number of hydrogen-bond acceptors (Lipinski definition) is 3. The van der Waals surface area contributed by atoms with Crippen LogP contribution < -0.4 is 10.6 Å². The van der Waals surface area contributed by atoms with Crippen molar-refractivity contribution in [2.75, 3.05) is 32.7 Å². The Hall–Kier alpha value is -1.02. The zero-order valence-electron chi connectivity index (χ0n) is 11.9. The van der Waals surface area contributed by atoms with Crippen LogP contribution in [0.1, 0.15) is 25.7 Å². The Balaban J connectivity index is 1.59. The molecule has 1 unspecified atom stereocenters. The molecule has 1 aliphatic carbocycles. The lowest BCUT2D eigenvalue weighted by Gasteiger charge is -2.36. The fourth-order valence-electron chi connectivity index (χ4n) is 2.78. The molecule has 2 fully saturated rings. The van der Waals surface area contributed by atoms with Crippen LogP contribution in [0.3, 0.4) is 0 Å². The first-order valence-electron chi connectivity index (χ1n) is 7.29. The predicted molar refractivity (Wildman–Crippen MR) is 70.8 cm³/mol. The Labute approximate surface area is 121 Å². The van der Waals surface area contributed by atoms with Crippen LogP contribution in [0.15, 0.2) is 0 Å². The van der Waals surface area contributed by atoms with Gasteiger partial charge in [-0.1, -0.05) is 0 Å². The second-order valence-corrected chi connectivity index (χ2v) is 6.15. The van der Waals surface area contributed by atoms with Gasteiger partial charge in [-0.25, -0.2) is 4.79 Å². The number of hydrogen-bond donors (Lipinski definition) is 3. The Morgan fingerprint density at radius 3 is 2.62 bits per heavy atom. The van der Waals surface area contributed by atoms with Crippen LogP contribution in [0.5, 0.6) is 0 Å². The van der Waals surface area contributed by atoms with Gasteiger partial charge in [0.2, 0.25) is 0 Å². The number of carbonyl (C=O) groups excluding carboxylic acids is 1. The summed E-state index contributed by atoms with van der Waals surface area (Å²) in [6.07, 6.45) is -1.15. The van der Waals surface area contributed by atoms with E-state index >= 15 is 0 Å². The lowest BCUT2D eigenvalue weighted by atomic mass is 9.80. The van der Waals surface area contributed by atoms with Crippen LogP contribution in [-0.4, -0.2) is 60.5 Å². The Bertz CT molecular complexity index is 372. The van der Waals surface area contributed by atoms with Crippen LogP contribution in [0, 0.1) is 5.92 Å². The summed E-state index contributed by atoms with van der Waals surface area (Å²) >= 11 is 0. The highest BCUT2D eigenvalue weighted by molar-refractivity contribution is 5.73. The van der Waals surface area contributed by atoms with Gasteiger partial charge >= 0.3 is 12.2 Å². The van der Waals surface area contributed by atoms with E-state index in [9.17, 15) is 23.1 Å². The number of rotatable bonds is 5. The maximum absolute atomic E-state index is 12.3. The van der Waals surface area contributed by atoms with E-state index in [-0.39, 0.29) is 18.5 Å². The predicted octanol–water partition coefficient (Wildman–Crippen LogP) is 1.08. The van der Waals surface area contributed by atoms with Crippen molar-refractivity contribution in [1.82, 2.24) is 15.5 Å². The molecular weight excluding hydrogens is 287 g/mol. The molecule has 2 aliphatic rings. The van der Waals surface area contributed by atoms with Crippen LogP contribution in [0.2, 0.25) is 0 Å². The standard InChI is InChI=1S/C13H22F3N3O2/c14-13(15,16)9-19-5-2-10(7-19)6-17-11(20)18-8-12(21)3-1-4-12/h10,21H,1-9H2,(H2,17,18,20). The minimum absolute atomic E-state index is 0.0462. The third kappa shape index (κ3) is 5.35. The molecule has 1 aliphatic heterocycles. The van der Waals surface area contributed by atoms with E-state index in [2.05, 4.69) is 10.6 Å². The summed E-state index contributed by atoms with van der Waals surface area (Å²) in [4.78, 5) is 12.9. The van der Waals surface area contributed by atoms with Gasteiger partial charge in [-0.15, -0.1) is 0 Å². The van der Waals surface area contributed by atoms with Gasteiger partial charge in [0.25, 0.3) is 0 Å². The summed E-state index contributed by atoms with van der Waals surface area (Å²) in [6, 6.07) is -0.371. The van der Waals surface area contributed by atoms with Gasteiger partial charge in [0.05, 0.1) is 12.1 Å². The van der Waals surface area contributed by atoms with E-state index in [0.29, 0.717) is 38.9 Å². The number of carbonyl (C=O) groups is 1. The van der Waals surface area contributed by atoms with Crippen LogP contribution >= 0.6 is 0 Å². The van der Waals surface area contributed by atoms with Crippen molar-refractivity contribution in [3.8, 4) is 0 Å². The molecule has 0 aromatic heterocycles. The SMILES string of the molecule is O=C(NCC1CCN(CC(F)(F)F)C1)NCC1(O)CCC1. The van der Waals surface area contributed by atoms with Crippen LogP contribution in [0.4, 0.5) is 18.0 Å². The van der Waals surface area contributed by atoms with Crippen molar-refractivity contribution < 1.29 is 23.1 Å². The fraction of sp³-hybridized carbons (Fsp3) is 0.923. The van der Waals surface area contributed by atoms with Gasteiger partial charge in [-0.2, -0.15) is 13.2 Å². The molecule has 3 N–H and O–H groups in total. The highest BCUT2D eigenvalue weighted by Gasteiger charge is 2.35. The van der Waals surface area contributed by atoms with E-state index in [1.807, 2.05) is 0 Å². The molecule has 0 radical (unpaired) electrons. The van der Waals surface area contributed by atoms with Crippen molar-refractivity contribution in [3.05, 3.63) is 0 Å². The molecule has 0 aromatic carbocycles. The van der Waals surface area contributed by atoms with Crippen molar-refractivity contribution in [2.45, 2.75) is 37.5 Å². The number of urea groups is 1. The third-order valence-corrected chi connectivity index (χ3v) is 4.19. The molecule has 1 saturated heterocycles. The zero-order chi connectivity index (χ0) is 15.5. The maximum atomic E-state index is 12.3. The summed E-state index contributed by atoms with van der Waals surface area (Å²) in [5.41, 5.74) is -0.770. The molecule has 1 saturated carbocycles. The number of alkyl halides is 3. The average Bonchev–Trinajstić information content (AvgIpc) is 2.76. The second kappa shape index (κ2) is 6.39. The fourth-order valence-corrected chi connectivity index (χ4v) is 2.78. The summed E-state index contributed by atoms with van der Waals surface area (Å²) in [7, 11) is 0. The van der Waals surface area contributed by atoms with Gasteiger partial charge in [0.1, 0.15) is 0 Å². The number of halogens is 3. The number of nitrogens with one attached hydrogen (secondary N) is 2. The summed E-state index contributed by atoms with van der Waals surface area (Å²) in [5.74, 6) is 0.0462. The summed E-state index contributed by atoms with van der Waals surface area (Å²) in [6.45, 7) is 0.460. The van der Waals surface area contributed by atoms with Gasteiger partial charge in [0.15, 0.2) is 0 Å². The van der Waals surface area contributed by atoms with Crippen molar-refractivity contribution >= 4 is 6.03 Å². The summed E-state index contributed by atoms with van der Waals surface area (Å²) < 4.78 is 36.8. The van der Waals surface area contributed by atoms with Gasteiger partial charge in [-0.05, 0) is 38.1 Å². The normalized spacial score (nSPS) is 25.4. The van der Waals surface area contributed by atoms with E-state index in [1.54, 1.807) is 0 Å². The molecule has 122 valence electrons. The molecule has 2 rings (SSSR count). The van der Waals surface area contributed by atoms with Gasteiger partial charge in [0, 0.05) is 19.6 Å². The summed E-state index contributed by atoms with van der Waals surface area (Å²) in [5, 5.41) is 15.1. The maximum Gasteiger partial charge on any atom is 0.401 e. The largest absolute Gasteiger partial charge is 0.401 e. The number of nitrogens with zero attached hydrogens (tertiary/aromatic N) is 1. The van der Waals surface area contributed by atoms with E-state index in [0.717, 1.165) is 6.42 Å². The Morgan fingerprint density at radius 1 is 1.33 bits per heavy atom. The van der Waals surface area contributed by atoms with Crippen molar-refractivity contribution in [3.63, 3.8) is 0 Å². The number of aliphatic hydroxyl groups is 1. The lowest BCUT2D eigenvalue weighted by Crippen LogP contribution is -2.50. The quantitative estimate of drug-likeness (QED) is 0.712. The highest BCUT2D eigenvalue weighted by Crippen LogP contribution is 2.30. The molecule has 0 spiro atoms. The molecule has 21 heavy (non-hydrogen) atoms. The molecule has 1 heterocycles. The molecule has 5 nitrogen and oxygen atoms in total. The van der Waals surface area contributed by atoms with Crippen molar-refractivity contribution in [1.29, 1.82) is 0 Å². The zero-order valence-corrected chi connectivity index (χ0v) is 11.9. The minimum Gasteiger partial charge on any atom is -0.388 e. The smallest absolute Gasteiger partial charge is 0.388 e. The topological polar surface area (TPSA) is 64.6 Å². The van der Waals surface area contributed by atoms with Crippen LogP contribution in [0.25, 0.3) is 0 Å². The van der Waals surface area contributed by atoms with E-state index in [1.165, 1.54) is 4.90 Å². The van der Waals surface area contributed by atoms with E-state index in [4.69, 9.17) is 0 Å². The highest BCUT2D eigenvalue weighted by atomic mass is 19.4. The number of amides is 2. The number of likely N-dealkylation sites (tertiary alicyclic amines) is 1. The molecule has 1 atom stereocenters. The first-order chi connectivity index (χ1) is 9.76. The van der Waals surface area contributed by atoms with Gasteiger partial charge < -0.3 is 15.7 Å². The van der Waals surface area contributed by atoms with E-state index < -0.39 is 18.3 Å². The molecule has 8 heteroatoms. The Morgan fingerprint density at radius 2 is 2.05 bits per heavy atom. The molecular formula is C13H22F3N3O2. The molecule has 0 bridgehead atoms. The first-order valence-corrected chi connectivity index (χ1v) is 7.29. The lowest BCUT2D eigenvalue weighted by molar-refractivity contribution is -0.143. The first kappa shape index (κ1) is 16.4. The average molecular weight is 309 g/mol. The Kier molecular flexibility index (Phi) is 4.98. The molecule has 0 aromatic rings. The monoisotopic (exact) mass is 309 g/mol. The van der Waals surface area contributed by atoms with Crippen molar-refractivity contribution in [2.24, 2.45) is 5.92 Å². The molecule has 2 amide bonds. The minimum atomic E-state index is -4.17.